The van der Waals surface area contributed by atoms with Crippen molar-refractivity contribution < 1.29 is 14.9 Å². The fourth-order valence-corrected chi connectivity index (χ4v) is 2.89. The summed E-state index contributed by atoms with van der Waals surface area (Å²) in [6.07, 6.45) is 0.644. The molecule has 4 nitrogen and oxygen atoms in total. The third-order valence-corrected chi connectivity index (χ3v) is 4.26. The number of ether oxygens (including phenoxy) is 1. The van der Waals surface area contributed by atoms with Gasteiger partial charge in [0.25, 0.3) is 0 Å². The molecule has 0 heterocycles. The molecule has 0 amide bonds. The maximum Gasteiger partial charge on any atom is 0.122 e. The van der Waals surface area contributed by atoms with E-state index in [1.807, 2.05) is 25.2 Å². The first kappa shape index (κ1) is 17.8. The summed E-state index contributed by atoms with van der Waals surface area (Å²) in [6, 6.07) is 11.5. The van der Waals surface area contributed by atoms with Crippen LogP contribution in [0, 0.1) is 0 Å². The second kappa shape index (κ2) is 8.34. The van der Waals surface area contributed by atoms with Gasteiger partial charge in [-0.1, -0.05) is 28.1 Å². The van der Waals surface area contributed by atoms with Gasteiger partial charge in [-0.2, -0.15) is 0 Å². The van der Waals surface area contributed by atoms with Crippen LogP contribution in [0.15, 0.2) is 40.9 Å². The Kier molecular flexibility index (Phi) is 6.45. The number of likely N-dealkylation sites (N-methyl/N-ethyl adjacent to an activating group) is 1. The minimum absolute atomic E-state index is 0.138. The minimum Gasteiger partial charge on any atom is -0.508 e. The highest BCUT2D eigenvalue weighted by Crippen LogP contribution is 2.28. The van der Waals surface area contributed by atoms with Gasteiger partial charge in [0.1, 0.15) is 11.5 Å². The molecule has 0 spiro atoms. The lowest BCUT2D eigenvalue weighted by atomic mass is 9.98. The number of halogens is 1. The number of hydrogen-bond donors (Lipinski definition) is 2. The molecular weight excluding hydrogens is 358 g/mol. The SMILES string of the molecule is COc1ccc(Cc2ccc(Br)cc2CN(C)CCO)c(O)c1. The maximum absolute atomic E-state index is 10.2. The van der Waals surface area contributed by atoms with Crippen LogP contribution in [0.4, 0.5) is 0 Å². The van der Waals surface area contributed by atoms with Gasteiger partial charge in [-0.3, -0.25) is 4.90 Å². The molecule has 0 saturated heterocycles. The van der Waals surface area contributed by atoms with Gasteiger partial charge >= 0.3 is 0 Å². The van der Waals surface area contributed by atoms with Crippen LogP contribution in [-0.2, 0) is 13.0 Å². The first-order valence-electron chi connectivity index (χ1n) is 7.46. The van der Waals surface area contributed by atoms with E-state index >= 15 is 0 Å². The maximum atomic E-state index is 10.2. The molecule has 0 bridgehead atoms. The Balaban J connectivity index is 2.25. The molecule has 0 aliphatic rings. The van der Waals surface area contributed by atoms with Crippen molar-refractivity contribution in [3.63, 3.8) is 0 Å². The van der Waals surface area contributed by atoms with Crippen LogP contribution in [-0.4, -0.2) is 42.4 Å². The van der Waals surface area contributed by atoms with Gasteiger partial charge in [0, 0.05) is 30.0 Å². The average Bonchev–Trinajstić information content (AvgIpc) is 2.51. The molecule has 0 atom stereocenters. The molecule has 0 unspecified atom stereocenters. The largest absolute Gasteiger partial charge is 0.508 e. The van der Waals surface area contributed by atoms with Gasteiger partial charge in [0.2, 0.25) is 0 Å². The van der Waals surface area contributed by atoms with E-state index in [0.29, 0.717) is 18.7 Å². The molecule has 0 radical (unpaired) electrons. The van der Waals surface area contributed by atoms with Crippen molar-refractivity contribution in [2.75, 3.05) is 27.3 Å². The van der Waals surface area contributed by atoms with Gasteiger partial charge in [-0.05, 0) is 41.9 Å². The number of aliphatic hydroxyl groups excluding tert-OH is 1. The van der Waals surface area contributed by atoms with E-state index in [9.17, 15) is 5.11 Å². The van der Waals surface area contributed by atoms with Crippen LogP contribution >= 0.6 is 15.9 Å². The van der Waals surface area contributed by atoms with Gasteiger partial charge < -0.3 is 14.9 Å². The highest BCUT2D eigenvalue weighted by Gasteiger charge is 2.10. The van der Waals surface area contributed by atoms with Crippen LogP contribution < -0.4 is 4.74 Å². The van der Waals surface area contributed by atoms with Crippen molar-refractivity contribution >= 4 is 15.9 Å². The van der Waals surface area contributed by atoms with Crippen LogP contribution in [0.2, 0.25) is 0 Å². The summed E-state index contributed by atoms with van der Waals surface area (Å²) in [7, 11) is 3.56. The van der Waals surface area contributed by atoms with E-state index in [-0.39, 0.29) is 12.4 Å². The van der Waals surface area contributed by atoms with E-state index < -0.39 is 0 Å². The van der Waals surface area contributed by atoms with Crippen molar-refractivity contribution in [3.8, 4) is 11.5 Å². The van der Waals surface area contributed by atoms with E-state index in [2.05, 4.69) is 33.0 Å². The first-order valence-corrected chi connectivity index (χ1v) is 8.25. The van der Waals surface area contributed by atoms with Crippen LogP contribution in [0.5, 0.6) is 11.5 Å². The van der Waals surface area contributed by atoms with Crippen LogP contribution in [0.25, 0.3) is 0 Å². The fourth-order valence-electron chi connectivity index (χ4n) is 2.48. The van der Waals surface area contributed by atoms with Crippen molar-refractivity contribution in [1.82, 2.24) is 4.90 Å². The van der Waals surface area contributed by atoms with E-state index in [4.69, 9.17) is 9.84 Å². The standard InChI is InChI=1S/C18H22BrNO3/c1-20(7-8-21)12-15-10-16(19)5-3-13(15)9-14-4-6-17(23-2)11-18(14)22/h3-6,10-11,21-22H,7-9,12H2,1-2H3. The molecular formula is C18H22BrNO3. The molecule has 23 heavy (non-hydrogen) atoms. The quantitative estimate of drug-likeness (QED) is 0.775. The Labute approximate surface area is 145 Å². The number of phenols is 1. The summed E-state index contributed by atoms with van der Waals surface area (Å²) in [5.41, 5.74) is 3.18. The number of phenolic OH excluding ortho intramolecular Hbond substituents is 1. The molecule has 0 aromatic heterocycles. The molecule has 2 aromatic carbocycles. The summed E-state index contributed by atoms with van der Waals surface area (Å²) in [5.74, 6) is 0.881. The lowest BCUT2D eigenvalue weighted by molar-refractivity contribution is 0.217. The fraction of sp³-hybridized carbons (Fsp3) is 0.333. The molecule has 5 heteroatoms. The van der Waals surface area contributed by atoms with E-state index in [0.717, 1.165) is 22.1 Å². The van der Waals surface area contributed by atoms with Gasteiger partial charge in [0.05, 0.1) is 13.7 Å². The van der Waals surface area contributed by atoms with Crippen molar-refractivity contribution in [3.05, 3.63) is 57.6 Å². The number of hydrogen-bond acceptors (Lipinski definition) is 4. The van der Waals surface area contributed by atoms with Crippen molar-refractivity contribution in [2.45, 2.75) is 13.0 Å². The molecule has 2 aromatic rings. The number of methoxy groups -OCH3 is 1. The predicted octanol–water partition coefficient (Wildman–Crippen LogP) is 3.18. The van der Waals surface area contributed by atoms with Crippen molar-refractivity contribution in [2.24, 2.45) is 0 Å². The monoisotopic (exact) mass is 379 g/mol. The zero-order valence-corrected chi connectivity index (χ0v) is 15.0. The Morgan fingerprint density at radius 2 is 1.83 bits per heavy atom. The lowest BCUT2D eigenvalue weighted by Gasteiger charge is -2.18. The summed E-state index contributed by atoms with van der Waals surface area (Å²) >= 11 is 3.51. The topological polar surface area (TPSA) is 52.9 Å². The molecule has 2 N–H and O–H groups in total. The zero-order valence-electron chi connectivity index (χ0n) is 13.4. The van der Waals surface area contributed by atoms with Gasteiger partial charge in [0.15, 0.2) is 0 Å². The van der Waals surface area contributed by atoms with Gasteiger partial charge in [-0.15, -0.1) is 0 Å². The minimum atomic E-state index is 0.138. The highest BCUT2D eigenvalue weighted by molar-refractivity contribution is 9.10. The highest BCUT2D eigenvalue weighted by atomic mass is 79.9. The normalized spacial score (nSPS) is 11.0. The number of rotatable bonds is 7. The summed E-state index contributed by atoms with van der Waals surface area (Å²) < 4.78 is 6.14. The van der Waals surface area contributed by atoms with Crippen molar-refractivity contribution in [1.29, 1.82) is 0 Å². The average molecular weight is 380 g/mol. The Morgan fingerprint density at radius 1 is 1.09 bits per heavy atom. The van der Waals surface area contributed by atoms with E-state index in [1.54, 1.807) is 13.2 Å². The van der Waals surface area contributed by atoms with Gasteiger partial charge in [-0.25, -0.2) is 0 Å². The van der Waals surface area contributed by atoms with E-state index in [1.165, 1.54) is 5.56 Å². The Morgan fingerprint density at radius 3 is 2.48 bits per heavy atom. The number of nitrogens with zero attached hydrogens (tertiary/aromatic N) is 1. The number of aromatic hydroxyl groups is 1. The second-order valence-corrected chi connectivity index (χ2v) is 6.46. The molecule has 2 rings (SSSR count). The third kappa shape index (κ3) is 4.96. The molecule has 0 aliphatic heterocycles. The smallest absolute Gasteiger partial charge is 0.122 e. The van der Waals surface area contributed by atoms with Crippen LogP contribution in [0.3, 0.4) is 0 Å². The predicted molar refractivity (Wildman–Crippen MR) is 95.0 cm³/mol. The summed E-state index contributed by atoms with van der Waals surface area (Å²) in [6.45, 7) is 1.51. The molecule has 0 fully saturated rings. The Bertz CT molecular complexity index is 661. The number of benzene rings is 2. The van der Waals surface area contributed by atoms with Crippen LogP contribution in [0.1, 0.15) is 16.7 Å². The summed E-state index contributed by atoms with van der Waals surface area (Å²) in [4.78, 5) is 2.07. The lowest BCUT2D eigenvalue weighted by Crippen LogP contribution is -2.22. The Hall–Kier alpha value is -1.56. The number of aliphatic hydroxyl groups is 1. The molecule has 0 aliphatic carbocycles. The first-order chi connectivity index (χ1) is 11.0. The summed E-state index contributed by atoms with van der Waals surface area (Å²) in [5, 5.41) is 19.2. The third-order valence-electron chi connectivity index (χ3n) is 3.76. The molecule has 124 valence electrons. The molecule has 0 saturated carbocycles. The second-order valence-electron chi connectivity index (χ2n) is 5.55. The zero-order chi connectivity index (χ0) is 16.8.